The molecule has 0 atom stereocenters. The third kappa shape index (κ3) is 2.72. The molecule has 0 amide bonds. The fourth-order valence-corrected chi connectivity index (χ4v) is 2.21. The molecule has 5 nitrogen and oxygen atoms in total. The third-order valence-electron chi connectivity index (χ3n) is 1.97. The number of nitro groups is 1. The van der Waals surface area contributed by atoms with Gasteiger partial charge in [-0.1, -0.05) is 11.6 Å². The maximum absolute atomic E-state index is 10.7. The van der Waals surface area contributed by atoms with Crippen LogP contribution >= 0.6 is 22.9 Å². The first-order valence-electron chi connectivity index (χ1n) is 4.62. The molecule has 0 fully saturated rings. The van der Waals surface area contributed by atoms with Crippen LogP contribution < -0.4 is 4.74 Å². The lowest BCUT2D eigenvalue weighted by atomic mass is 10.4. The minimum Gasteiger partial charge on any atom is -0.480 e. The van der Waals surface area contributed by atoms with Crippen molar-refractivity contribution in [3.63, 3.8) is 0 Å². The van der Waals surface area contributed by atoms with Gasteiger partial charge in [-0.05, 0) is 33.5 Å². The second-order valence-corrected chi connectivity index (χ2v) is 4.47. The van der Waals surface area contributed by atoms with Gasteiger partial charge in [0.25, 0.3) is 0 Å². The number of hydrogen-bond acceptors (Lipinski definition) is 5. The van der Waals surface area contributed by atoms with Gasteiger partial charge in [0.15, 0.2) is 0 Å². The predicted molar refractivity (Wildman–Crippen MR) is 64.6 cm³/mol. The van der Waals surface area contributed by atoms with E-state index >= 15 is 0 Å². The smallest absolute Gasteiger partial charge is 0.406 e. The fourth-order valence-electron chi connectivity index (χ4n) is 1.20. The summed E-state index contributed by atoms with van der Waals surface area (Å²) in [5.74, 6) is -0.151. The molecule has 17 heavy (non-hydrogen) atoms. The van der Waals surface area contributed by atoms with Crippen molar-refractivity contribution in [1.82, 2.24) is 4.98 Å². The first-order valence-corrected chi connectivity index (χ1v) is 5.88. The summed E-state index contributed by atoms with van der Waals surface area (Å²) in [7, 11) is 0. The molecular weight excluding hydrogens is 264 g/mol. The number of hydrogen-bond donors (Lipinski definition) is 0. The van der Waals surface area contributed by atoms with Gasteiger partial charge < -0.3 is 14.9 Å². The van der Waals surface area contributed by atoms with Gasteiger partial charge >= 0.3 is 5.82 Å². The van der Waals surface area contributed by atoms with Crippen molar-refractivity contribution >= 4 is 28.8 Å². The summed E-state index contributed by atoms with van der Waals surface area (Å²) in [6.45, 7) is 0.197. The highest BCUT2D eigenvalue weighted by Crippen LogP contribution is 2.27. The molecule has 0 aliphatic rings. The zero-order chi connectivity index (χ0) is 12.3. The summed E-state index contributed by atoms with van der Waals surface area (Å²) in [6.07, 6.45) is 1.35. The maximum atomic E-state index is 10.7. The quantitative estimate of drug-likeness (QED) is 0.632. The lowest BCUT2D eigenvalue weighted by Crippen LogP contribution is -1.99. The summed E-state index contributed by atoms with van der Waals surface area (Å²) < 4.78 is 5.35. The highest BCUT2D eigenvalue weighted by atomic mass is 35.5. The Kier molecular flexibility index (Phi) is 3.55. The normalized spacial score (nSPS) is 10.2. The second kappa shape index (κ2) is 5.11. The summed E-state index contributed by atoms with van der Waals surface area (Å²) in [5.41, 5.74) is 0. The number of rotatable bonds is 4. The van der Waals surface area contributed by atoms with E-state index < -0.39 is 4.92 Å². The molecule has 2 rings (SSSR count). The van der Waals surface area contributed by atoms with Gasteiger partial charge in [-0.15, -0.1) is 11.3 Å². The number of ether oxygens (including phenoxy) is 1. The van der Waals surface area contributed by atoms with E-state index in [-0.39, 0.29) is 18.2 Å². The van der Waals surface area contributed by atoms with Gasteiger partial charge in [0, 0.05) is 0 Å². The van der Waals surface area contributed by atoms with E-state index in [4.69, 9.17) is 16.3 Å². The number of nitrogens with zero attached hydrogens (tertiary/aromatic N) is 2. The van der Waals surface area contributed by atoms with Crippen LogP contribution in [0.4, 0.5) is 5.82 Å². The first-order chi connectivity index (χ1) is 8.18. The molecule has 2 heterocycles. The Balaban J connectivity index is 2.14. The Morgan fingerprint density at radius 2 is 2.35 bits per heavy atom. The molecule has 0 saturated carbocycles. The standard InChI is InChI=1S/C10H7ClN2O3S/c11-7-3-5-17-9(7)6-16-8-2-1-4-12-10(8)13(14)15/h1-5H,6H2. The molecule has 0 saturated heterocycles. The number of thiophene rings is 1. The van der Waals surface area contributed by atoms with Crippen LogP contribution in [0.15, 0.2) is 29.8 Å². The lowest BCUT2D eigenvalue weighted by Gasteiger charge is -2.04. The van der Waals surface area contributed by atoms with Crippen LogP contribution in [-0.4, -0.2) is 9.91 Å². The Bertz CT molecular complexity index is 544. The summed E-state index contributed by atoms with van der Waals surface area (Å²) in [5, 5.41) is 13.1. The minimum atomic E-state index is -0.578. The lowest BCUT2D eigenvalue weighted by molar-refractivity contribution is -0.390. The maximum Gasteiger partial charge on any atom is 0.406 e. The molecule has 2 aromatic heterocycles. The van der Waals surface area contributed by atoms with Crippen LogP contribution in [0.3, 0.4) is 0 Å². The molecule has 7 heteroatoms. The Hall–Kier alpha value is -1.66. The van der Waals surface area contributed by atoms with Crippen LogP contribution in [-0.2, 0) is 6.61 Å². The van der Waals surface area contributed by atoms with Crippen molar-refractivity contribution in [2.45, 2.75) is 6.61 Å². The van der Waals surface area contributed by atoms with E-state index in [1.54, 1.807) is 12.1 Å². The van der Waals surface area contributed by atoms with E-state index in [9.17, 15) is 10.1 Å². The van der Waals surface area contributed by atoms with Crippen molar-refractivity contribution in [2.24, 2.45) is 0 Å². The van der Waals surface area contributed by atoms with Crippen molar-refractivity contribution in [2.75, 3.05) is 0 Å². The molecule has 0 aromatic carbocycles. The van der Waals surface area contributed by atoms with E-state index in [0.29, 0.717) is 5.02 Å². The molecule has 0 unspecified atom stereocenters. The molecule has 0 N–H and O–H groups in total. The van der Waals surface area contributed by atoms with Gasteiger partial charge in [0.2, 0.25) is 5.75 Å². The predicted octanol–water partition coefficient (Wildman–Crippen LogP) is 3.28. The van der Waals surface area contributed by atoms with Crippen LogP contribution in [0.25, 0.3) is 0 Å². The number of pyridine rings is 1. The average molecular weight is 271 g/mol. The molecule has 88 valence electrons. The SMILES string of the molecule is O=[N+]([O-])c1ncccc1OCc1sccc1Cl. The van der Waals surface area contributed by atoms with Crippen molar-refractivity contribution < 1.29 is 9.66 Å². The third-order valence-corrected chi connectivity index (χ3v) is 3.33. The molecular formula is C10H7ClN2O3S. The molecule has 0 aliphatic heterocycles. The van der Waals surface area contributed by atoms with Crippen LogP contribution in [0.1, 0.15) is 4.88 Å². The first kappa shape index (κ1) is 11.8. The second-order valence-electron chi connectivity index (χ2n) is 3.06. The van der Waals surface area contributed by atoms with Crippen molar-refractivity contribution in [3.05, 3.63) is 49.8 Å². The van der Waals surface area contributed by atoms with Crippen LogP contribution in [0.2, 0.25) is 5.02 Å². The topological polar surface area (TPSA) is 65.3 Å². The van der Waals surface area contributed by atoms with Crippen molar-refractivity contribution in [1.29, 1.82) is 0 Å². The number of aromatic nitrogens is 1. The van der Waals surface area contributed by atoms with Gasteiger partial charge in [-0.25, -0.2) is 0 Å². The van der Waals surface area contributed by atoms with E-state index in [1.165, 1.54) is 23.6 Å². The zero-order valence-electron chi connectivity index (χ0n) is 8.50. The van der Waals surface area contributed by atoms with Crippen LogP contribution in [0, 0.1) is 10.1 Å². The van der Waals surface area contributed by atoms with Gasteiger partial charge in [-0.3, -0.25) is 0 Å². The van der Waals surface area contributed by atoms with Gasteiger partial charge in [-0.2, -0.15) is 0 Å². The Labute approximate surface area is 106 Å². The fraction of sp³-hybridized carbons (Fsp3) is 0.100. The monoisotopic (exact) mass is 270 g/mol. The summed E-state index contributed by atoms with van der Waals surface area (Å²) >= 11 is 7.33. The van der Waals surface area contributed by atoms with Gasteiger partial charge in [0.05, 0.1) is 9.90 Å². The Morgan fingerprint density at radius 3 is 3.00 bits per heavy atom. The Morgan fingerprint density at radius 1 is 1.53 bits per heavy atom. The van der Waals surface area contributed by atoms with Gasteiger partial charge in [0.1, 0.15) is 12.8 Å². The molecule has 0 radical (unpaired) electrons. The molecule has 0 bridgehead atoms. The number of halogens is 1. The van der Waals surface area contributed by atoms with Crippen molar-refractivity contribution in [3.8, 4) is 5.75 Å². The minimum absolute atomic E-state index is 0.141. The van der Waals surface area contributed by atoms with E-state index in [0.717, 1.165) is 4.88 Å². The summed E-state index contributed by atoms with van der Waals surface area (Å²) in [4.78, 5) is 14.6. The van der Waals surface area contributed by atoms with E-state index in [1.807, 2.05) is 5.38 Å². The molecule has 0 aliphatic carbocycles. The highest BCUT2D eigenvalue weighted by molar-refractivity contribution is 7.10. The zero-order valence-corrected chi connectivity index (χ0v) is 10.1. The highest BCUT2D eigenvalue weighted by Gasteiger charge is 2.16. The largest absolute Gasteiger partial charge is 0.480 e. The molecule has 2 aromatic rings. The van der Waals surface area contributed by atoms with Crippen LogP contribution in [0.5, 0.6) is 5.75 Å². The average Bonchev–Trinajstić information content (AvgIpc) is 2.72. The van der Waals surface area contributed by atoms with E-state index in [2.05, 4.69) is 4.98 Å². The summed E-state index contributed by atoms with van der Waals surface area (Å²) in [6, 6.07) is 4.84. The molecule has 0 spiro atoms.